The van der Waals surface area contributed by atoms with Crippen LogP contribution in [0.5, 0.6) is 5.75 Å². The molecule has 33 heavy (non-hydrogen) atoms. The molecule has 0 unspecified atom stereocenters. The highest BCUT2D eigenvalue weighted by molar-refractivity contribution is 7.99. The lowest BCUT2D eigenvalue weighted by atomic mass is 10.1. The second-order valence-corrected chi connectivity index (χ2v) is 8.99. The Kier molecular flexibility index (Phi) is 5.46. The van der Waals surface area contributed by atoms with Crippen LogP contribution in [0.25, 0.3) is 16.6 Å². The number of Topliss-reactive ketones (excluding diaryl/α,β-unsaturated/α-hetero) is 1. The number of ether oxygens (including phenoxy) is 1. The van der Waals surface area contributed by atoms with Gasteiger partial charge in [0.25, 0.3) is 0 Å². The van der Waals surface area contributed by atoms with Gasteiger partial charge in [-0.3, -0.25) is 9.20 Å². The molecule has 4 aromatic heterocycles. The van der Waals surface area contributed by atoms with Crippen LogP contribution in [0.15, 0.2) is 58.3 Å². The quantitative estimate of drug-likeness (QED) is 0.244. The smallest absolute Gasteiger partial charge is 0.196 e. The van der Waals surface area contributed by atoms with Crippen molar-refractivity contribution in [2.45, 2.75) is 32.5 Å². The van der Waals surface area contributed by atoms with Gasteiger partial charge < -0.3 is 13.7 Å². The molecular weight excluding hydrogens is 436 g/mol. The molecule has 0 aliphatic carbocycles. The number of benzene rings is 1. The van der Waals surface area contributed by atoms with E-state index in [1.165, 1.54) is 11.8 Å². The van der Waals surface area contributed by atoms with E-state index in [9.17, 15) is 4.79 Å². The maximum Gasteiger partial charge on any atom is 0.196 e. The van der Waals surface area contributed by atoms with E-state index in [4.69, 9.17) is 9.15 Å². The third kappa shape index (κ3) is 3.80. The van der Waals surface area contributed by atoms with E-state index in [0.717, 1.165) is 50.6 Å². The normalized spacial score (nSPS) is 11.5. The van der Waals surface area contributed by atoms with Gasteiger partial charge in [0.1, 0.15) is 11.5 Å². The number of rotatable bonds is 7. The van der Waals surface area contributed by atoms with Crippen molar-refractivity contribution in [3.05, 3.63) is 77.0 Å². The number of methoxy groups -OCH3 is 1. The fourth-order valence-electron chi connectivity index (χ4n) is 4.22. The van der Waals surface area contributed by atoms with E-state index in [-0.39, 0.29) is 11.5 Å². The van der Waals surface area contributed by atoms with Gasteiger partial charge in [-0.2, -0.15) is 0 Å². The average molecular weight is 461 g/mol. The summed E-state index contributed by atoms with van der Waals surface area (Å²) in [6.45, 7) is 6.64. The Hall–Kier alpha value is -3.52. The summed E-state index contributed by atoms with van der Waals surface area (Å²) in [5, 5.41) is 10.5. The number of nitrogens with zero attached hydrogens (tertiary/aromatic N) is 4. The van der Waals surface area contributed by atoms with Gasteiger partial charge in [0.2, 0.25) is 0 Å². The van der Waals surface area contributed by atoms with Crippen molar-refractivity contribution in [2.75, 3.05) is 12.9 Å². The van der Waals surface area contributed by atoms with Gasteiger partial charge in [-0.15, -0.1) is 10.2 Å². The molecule has 0 saturated heterocycles. The molecule has 0 aliphatic heterocycles. The first-order valence-electron chi connectivity index (χ1n) is 10.6. The highest BCUT2D eigenvalue weighted by Gasteiger charge is 2.19. The van der Waals surface area contributed by atoms with Crippen molar-refractivity contribution in [3.8, 4) is 5.75 Å². The van der Waals surface area contributed by atoms with E-state index in [2.05, 4.69) is 21.7 Å². The van der Waals surface area contributed by atoms with Crippen molar-refractivity contribution >= 4 is 34.1 Å². The Balaban J connectivity index is 1.43. The van der Waals surface area contributed by atoms with Gasteiger partial charge in [0.05, 0.1) is 31.2 Å². The molecule has 0 bridgehead atoms. The van der Waals surface area contributed by atoms with Gasteiger partial charge in [0.15, 0.2) is 16.6 Å². The van der Waals surface area contributed by atoms with Gasteiger partial charge in [0, 0.05) is 28.4 Å². The first-order chi connectivity index (χ1) is 16.0. The molecule has 5 rings (SSSR count). The molecule has 0 N–H and O–H groups in total. The van der Waals surface area contributed by atoms with Gasteiger partial charge >= 0.3 is 0 Å². The highest BCUT2D eigenvalue weighted by atomic mass is 32.2. The summed E-state index contributed by atoms with van der Waals surface area (Å²) in [6, 6.07) is 13.7. The van der Waals surface area contributed by atoms with Crippen molar-refractivity contribution in [2.24, 2.45) is 0 Å². The Morgan fingerprint density at radius 2 is 1.97 bits per heavy atom. The van der Waals surface area contributed by atoms with Crippen LogP contribution in [0.3, 0.4) is 0 Å². The number of carbonyl (C=O) groups excluding carboxylic acids is 1. The molecule has 0 aliphatic rings. The lowest BCUT2D eigenvalue weighted by Crippen LogP contribution is -2.07. The molecule has 168 valence electrons. The third-order valence-corrected chi connectivity index (χ3v) is 6.90. The first kappa shape index (κ1) is 21.3. The summed E-state index contributed by atoms with van der Waals surface area (Å²) in [5.41, 5.74) is 5.51. The second kappa shape index (κ2) is 8.44. The van der Waals surface area contributed by atoms with Crippen LogP contribution in [0.1, 0.15) is 33.1 Å². The number of hydrogen-bond acceptors (Lipinski definition) is 6. The topological polar surface area (TPSA) is 74.6 Å². The number of hydrogen-bond donors (Lipinski definition) is 0. The van der Waals surface area contributed by atoms with Crippen molar-refractivity contribution in [1.29, 1.82) is 0 Å². The summed E-state index contributed by atoms with van der Waals surface area (Å²) in [4.78, 5) is 13.1. The predicted molar refractivity (Wildman–Crippen MR) is 129 cm³/mol. The van der Waals surface area contributed by atoms with Crippen LogP contribution in [0, 0.1) is 20.8 Å². The third-order valence-electron chi connectivity index (χ3n) is 5.98. The standard InChI is InChI=1S/C25H24N4O3S/c1-15-10-24-26-27-25(29(24)22-12-18(31-4)7-8-20(15)22)33-14-23(30)21-11-16(2)28(17(21)3)13-19-6-5-9-32-19/h5-12H,13-14H2,1-4H3. The summed E-state index contributed by atoms with van der Waals surface area (Å²) >= 11 is 1.39. The summed E-state index contributed by atoms with van der Waals surface area (Å²) < 4.78 is 15.0. The number of carbonyl (C=O) groups is 1. The zero-order chi connectivity index (χ0) is 23.1. The van der Waals surface area contributed by atoms with Gasteiger partial charge in [-0.1, -0.05) is 11.8 Å². The van der Waals surface area contributed by atoms with Crippen LogP contribution in [0.2, 0.25) is 0 Å². The number of thioether (sulfide) groups is 1. The lowest BCUT2D eigenvalue weighted by Gasteiger charge is -2.09. The molecule has 0 amide bonds. The molecule has 8 heteroatoms. The van der Waals surface area contributed by atoms with Crippen LogP contribution in [-0.4, -0.2) is 37.8 Å². The van der Waals surface area contributed by atoms with Crippen LogP contribution >= 0.6 is 11.8 Å². The average Bonchev–Trinajstić information content (AvgIpc) is 3.54. The zero-order valence-corrected chi connectivity index (χ0v) is 19.8. The number of fused-ring (bicyclic) bond motifs is 3. The Labute approximate surface area is 195 Å². The largest absolute Gasteiger partial charge is 0.497 e. The molecule has 1 aromatic carbocycles. The van der Waals surface area contributed by atoms with Crippen molar-refractivity contribution in [3.63, 3.8) is 0 Å². The second-order valence-electron chi connectivity index (χ2n) is 8.05. The SMILES string of the molecule is COc1ccc2c(C)cc3nnc(SCC(=O)c4cc(C)n(Cc5ccco5)c4C)n3c2c1. The fourth-order valence-corrected chi connectivity index (χ4v) is 5.05. The Morgan fingerprint density at radius 1 is 1.12 bits per heavy atom. The molecule has 7 nitrogen and oxygen atoms in total. The van der Waals surface area contributed by atoms with E-state index in [1.54, 1.807) is 13.4 Å². The van der Waals surface area contributed by atoms with Crippen molar-refractivity contribution < 1.29 is 13.9 Å². The molecule has 4 heterocycles. The van der Waals surface area contributed by atoms with E-state index >= 15 is 0 Å². The molecule has 0 spiro atoms. The number of furan rings is 1. The van der Waals surface area contributed by atoms with E-state index < -0.39 is 0 Å². The zero-order valence-electron chi connectivity index (χ0n) is 19.0. The van der Waals surface area contributed by atoms with Crippen molar-refractivity contribution in [1.82, 2.24) is 19.2 Å². The monoisotopic (exact) mass is 460 g/mol. The number of aromatic nitrogens is 4. The molecular formula is C25H24N4O3S. The Morgan fingerprint density at radius 3 is 2.73 bits per heavy atom. The molecule has 0 radical (unpaired) electrons. The molecule has 0 atom stereocenters. The highest BCUT2D eigenvalue weighted by Crippen LogP contribution is 2.29. The minimum absolute atomic E-state index is 0.0598. The van der Waals surface area contributed by atoms with E-state index in [1.807, 2.05) is 60.7 Å². The molecule has 5 aromatic rings. The molecule has 0 saturated carbocycles. The van der Waals surface area contributed by atoms with Crippen LogP contribution in [-0.2, 0) is 6.54 Å². The number of aryl methyl sites for hydroxylation is 2. The minimum atomic E-state index is 0.0598. The number of ketones is 1. The molecule has 0 fully saturated rings. The summed E-state index contributed by atoms with van der Waals surface area (Å²) in [5.74, 6) is 1.95. The van der Waals surface area contributed by atoms with Gasteiger partial charge in [-0.05, 0) is 62.7 Å². The Bertz CT molecular complexity index is 1480. The predicted octanol–water partition coefficient (Wildman–Crippen LogP) is 5.23. The van der Waals surface area contributed by atoms with Crippen LogP contribution in [0.4, 0.5) is 0 Å². The van der Waals surface area contributed by atoms with Crippen LogP contribution < -0.4 is 4.74 Å². The lowest BCUT2D eigenvalue weighted by molar-refractivity contribution is 0.102. The summed E-state index contributed by atoms with van der Waals surface area (Å²) in [6.07, 6.45) is 1.66. The first-order valence-corrected chi connectivity index (χ1v) is 11.6. The summed E-state index contributed by atoms with van der Waals surface area (Å²) in [7, 11) is 1.65. The fraction of sp³-hybridized carbons (Fsp3) is 0.240. The maximum atomic E-state index is 13.1. The maximum absolute atomic E-state index is 13.1. The van der Waals surface area contributed by atoms with E-state index in [0.29, 0.717) is 11.7 Å². The van der Waals surface area contributed by atoms with Gasteiger partial charge in [-0.25, -0.2) is 0 Å². The number of pyridine rings is 1. The minimum Gasteiger partial charge on any atom is -0.497 e.